The quantitative estimate of drug-likeness (QED) is 0.706. The standard InChI is InChI=1S/C12H19N3O2/c16-11-8-7-10(14-15-11)12(17)13-9-5-3-1-2-4-6-9/h9H,1-8H2,(H,13,17)(H,15,16). The lowest BCUT2D eigenvalue weighted by molar-refractivity contribution is -0.121. The van der Waals surface area contributed by atoms with E-state index in [1.807, 2.05) is 0 Å². The predicted molar refractivity (Wildman–Crippen MR) is 64.4 cm³/mol. The van der Waals surface area contributed by atoms with Crippen LogP contribution < -0.4 is 10.7 Å². The molecule has 2 N–H and O–H groups in total. The Morgan fingerprint density at radius 2 is 1.88 bits per heavy atom. The average Bonchev–Trinajstić information content (AvgIpc) is 2.58. The van der Waals surface area contributed by atoms with Crippen molar-refractivity contribution < 1.29 is 9.59 Å². The molecule has 2 aliphatic rings. The van der Waals surface area contributed by atoms with Gasteiger partial charge in [0, 0.05) is 18.9 Å². The summed E-state index contributed by atoms with van der Waals surface area (Å²) in [4.78, 5) is 22.8. The fraction of sp³-hybridized carbons (Fsp3) is 0.750. The summed E-state index contributed by atoms with van der Waals surface area (Å²) >= 11 is 0. The molecule has 1 aliphatic carbocycles. The average molecular weight is 237 g/mol. The van der Waals surface area contributed by atoms with Crippen LogP contribution in [0.1, 0.15) is 51.4 Å². The van der Waals surface area contributed by atoms with Crippen molar-refractivity contribution in [2.24, 2.45) is 5.10 Å². The van der Waals surface area contributed by atoms with E-state index in [4.69, 9.17) is 0 Å². The van der Waals surface area contributed by atoms with Crippen LogP contribution in [0, 0.1) is 0 Å². The minimum absolute atomic E-state index is 0.114. The van der Waals surface area contributed by atoms with Gasteiger partial charge in [-0.2, -0.15) is 5.10 Å². The Hall–Kier alpha value is -1.39. The van der Waals surface area contributed by atoms with E-state index in [1.165, 1.54) is 25.7 Å². The first-order chi connectivity index (χ1) is 8.25. The van der Waals surface area contributed by atoms with Crippen molar-refractivity contribution in [3.05, 3.63) is 0 Å². The summed E-state index contributed by atoms with van der Waals surface area (Å²) in [6.07, 6.45) is 7.84. The molecule has 0 aromatic carbocycles. The summed E-state index contributed by atoms with van der Waals surface area (Å²) < 4.78 is 0. The Morgan fingerprint density at radius 1 is 1.18 bits per heavy atom. The molecule has 0 unspecified atom stereocenters. The highest BCUT2D eigenvalue weighted by Crippen LogP contribution is 2.17. The molecule has 0 atom stereocenters. The number of hydrogen-bond acceptors (Lipinski definition) is 3. The highest BCUT2D eigenvalue weighted by atomic mass is 16.2. The smallest absolute Gasteiger partial charge is 0.267 e. The highest BCUT2D eigenvalue weighted by Gasteiger charge is 2.21. The fourth-order valence-corrected chi connectivity index (χ4v) is 2.33. The number of carbonyl (C=O) groups excluding carboxylic acids is 2. The van der Waals surface area contributed by atoms with E-state index in [1.54, 1.807) is 0 Å². The zero-order valence-electron chi connectivity index (χ0n) is 10.00. The van der Waals surface area contributed by atoms with Gasteiger partial charge in [-0.05, 0) is 12.8 Å². The Bertz CT molecular complexity index is 331. The number of amides is 2. The maximum absolute atomic E-state index is 11.9. The molecule has 0 aromatic rings. The van der Waals surface area contributed by atoms with Crippen LogP contribution >= 0.6 is 0 Å². The molecular weight excluding hydrogens is 218 g/mol. The summed E-state index contributed by atoms with van der Waals surface area (Å²) in [5.41, 5.74) is 2.80. The van der Waals surface area contributed by atoms with E-state index in [0.717, 1.165) is 12.8 Å². The molecule has 17 heavy (non-hydrogen) atoms. The van der Waals surface area contributed by atoms with Crippen LogP contribution in [0.3, 0.4) is 0 Å². The maximum Gasteiger partial charge on any atom is 0.267 e. The SMILES string of the molecule is O=C1CCC(C(=O)NC2CCCCCC2)=NN1. The molecule has 2 amide bonds. The highest BCUT2D eigenvalue weighted by molar-refractivity contribution is 6.39. The van der Waals surface area contributed by atoms with Gasteiger partial charge in [-0.1, -0.05) is 25.7 Å². The molecule has 5 heteroatoms. The van der Waals surface area contributed by atoms with E-state index in [2.05, 4.69) is 15.8 Å². The number of hydrogen-bond donors (Lipinski definition) is 2. The molecular formula is C12H19N3O2. The second-order valence-corrected chi connectivity index (χ2v) is 4.76. The van der Waals surface area contributed by atoms with Crippen molar-refractivity contribution in [3.8, 4) is 0 Å². The third-order valence-electron chi connectivity index (χ3n) is 3.36. The van der Waals surface area contributed by atoms with Gasteiger partial charge in [-0.25, -0.2) is 5.43 Å². The van der Waals surface area contributed by atoms with Crippen LogP contribution in [-0.4, -0.2) is 23.6 Å². The van der Waals surface area contributed by atoms with Gasteiger partial charge in [-0.15, -0.1) is 0 Å². The number of rotatable bonds is 2. The molecule has 1 fully saturated rings. The van der Waals surface area contributed by atoms with E-state index >= 15 is 0 Å². The minimum Gasteiger partial charge on any atom is -0.348 e. The molecule has 0 spiro atoms. The second-order valence-electron chi connectivity index (χ2n) is 4.76. The summed E-state index contributed by atoms with van der Waals surface area (Å²) in [5, 5.41) is 6.83. The number of carbonyl (C=O) groups is 2. The molecule has 0 saturated heterocycles. The number of nitrogens with one attached hydrogen (secondary N) is 2. The predicted octanol–water partition coefficient (Wildman–Crippen LogP) is 1.09. The van der Waals surface area contributed by atoms with Gasteiger partial charge in [0.25, 0.3) is 5.91 Å². The summed E-state index contributed by atoms with van der Waals surface area (Å²) in [5.74, 6) is -0.229. The van der Waals surface area contributed by atoms with Crippen molar-refractivity contribution >= 4 is 17.5 Å². The van der Waals surface area contributed by atoms with E-state index in [-0.39, 0.29) is 17.9 Å². The van der Waals surface area contributed by atoms with Crippen molar-refractivity contribution in [2.45, 2.75) is 57.4 Å². The lowest BCUT2D eigenvalue weighted by Crippen LogP contribution is -2.41. The topological polar surface area (TPSA) is 70.6 Å². The summed E-state index contributed by atoms with van der Waals surface area (Å²) in [7, 11) is 0. The van der Waals surface area contributed by atoms with Gasteiger partial charge < -0.3 is 5.32 Å². The molecule has 1 aliphatic heterocycles. The largest absolute Gasteiger partial charge is 0.348 e. The minimum atomic E-state index is -0.115. The zero-order valence-corrected chi connectivity index (χ0v) is 10.00. The van der Waals surface area contributed by atoms with Crippen molar-refractivity contribution in [1.29, 1.82) is 0 Å². The van der Waals surface area contributed by atoms with Gasteiger partial charge in [-0.3, -0.25) is 9.59 Å². The Balaban J connectivity index is 1.85. The van der Waals surface area contributed by atoms with Crippen LogP contribution in [0.5, 0.6) is 0 Å². The van der Waals surface area contributed by atoms with Crippen LogP contribution in [0.4, 0.5) is 0 Å². The lowest BCUT2D eigenvalue weighted by Gasteiger charge is -2.18. The first-order valence-electron chi connectivity index (χ1n) is 6.42. The van der Waals surface area contributed by atoms with Gasteiger partial charge in [0.1, 0.15) is 5.71 Å². The molecule has 5 nitrogen and oxygen atoms in total. The molecule has 0 aromatic heterocycles. The van der Waals surface area contributed by atoms with E-state index < -0.39 is 0 Å². The Morgan fingerprint density at radius 3 is 2.47 bits per heavy atom. The first-order valence-corrected chi connectivity index (χ1v) is 6.42. The molecule has 2 rings (SSSR count). The summed E-state index contributed by atoms with van der Waals surface area (Å²) in [6.45, 7) is 0. The van der Waals surface area contributed by atoms with Gasteiger partial charge in [0.05, 0.1) is 0 Å². The van der Waals surface area contributed by atoms with Crippen LogP contribution in [0.25, 0.3) is 0 Å². The third-order valence-corrected chi connectivity index (χ3v) is 3.36. The number of hydrazone groups is 1. The van der Waals surface area contributed by atoms with Crippen molar-refractivity contribution in [2.75, 3.05) is 0 Å². The normalized spacial score (nSPS) is 22.4. The zero-order chi connectivity index (χ0) is 12.1. The number of nitrogens with zero attached hydrogens (tertiary/aromatic N) is 1. The van der Waals surface area contributed by atoms with Crippen LogP contribution in [0.2, 0.25) is 0 Å². The molecule has 1 saturated carbocycles. The van der Waals surface area contributed by atoms with Crippen molar-refractivity contribution in [1.82, 2.24) is 10.7 Å². The second kappa shape index (κ2) is 5.80. The van der Waals surface area contributed by atoms with Crippen molar-refractivity contribution in [3.63, 3.8) is 0 Å². The molecule has 0 bridgehead atoms. The van der Waals surface area contributed by atoms with E-state index in [9.17, 15) is 9.59 Å². The molecule has 1 heterocycles. The van der Waals surface area contributed by atoms with Crippen LogP contribution in [0.15, 0.2) is 5.10 Å². The van der Waals surface area contributed by atoms with E-state index in [0.29, 0.717) is 18.6 Å². The molecule has 94 valence electrons. The fourth-order valence-electron chi connectivity index (χ4n) is 2.33. The van der Waals surface area contributed by atoms with Gasteiger partial charge >= 0.3 is 0 Å². The third kappa shape index (κ3) is 3.54. The Labute approximate surface area is 101 Å². The summed E-state index contributed by atoms with van der Waals surface area (Å²) in [6, 6.07) is 0.283. The Kier molecular flexibility index (Phi) is 4.12. The molecule has 0 radical (unpaired) electrons. The first kappa shape index (κ1) is 12.1. The van der Waals surface area contributed by atoms with Gasteiger partial charge in [0.2, 0.25) is 5.91 Å². The lowest BCUT2D eigenvalue weighted by atomic mass is 10.1. The maximum atomic E-state index is 11.9. The van der Waals surface area contributed by atoms with Gasteiger partial charge in [0.15, 0.2) is 0 Å². The van der Waals surface area contributed by atoms with Crippen LogP contribution in [-0.2, 0) is 9.59 Å². The monoisotopic (exact) mass is 237 g/mol.